The molecule has 0 radical (unpaired) electrons. The van der Waals surface area contributed by atoms with Crippen LogP contribution in [0.4, 0.5) is 11.4 Å². The molecule has 2 amide bonds. The molecular weight excluding hydrogens is 504 g/mol. The van der Waals surface area contributed by atoms with Crippen molar-refractivity contribution in [3.8, 4) is 21.8 Å². The van der Waals surface area contributed by atoms with Gasteiger partial charge in [-0.25, -0.2) is 5.10 Å². The number of nitrogens with zero attached hydrogens (tertiary/aromatic N) is 6. The molecule has 4 aromatic rings. The van der Waals surface area contributed by atoms with Crippen molar-refractivity contribution in [2.45, 2.75) is 39.3 Å². The maximum absolute atomic E-state index is 13.4. The molecular formula is C26H30N8O3S. The third kappa shape index (κ3) is 5.80. The molecule has 3 aromatic heterocycles. The molecule has 0 saturated carbocycles. The van der Waals surface area contributed by atoms with Crippen LogP contribution in [-0.2, 0) is 22.7 Å². The number of anilines is 2. The highest BCUT2D eigenvalue weighted by Crippen LogP contribution is 2.35. The van der Waals surface area contributed by atoms with E-state index in [9.17, 15) is 14.4 Å². The number of likely N-dealkylation sites (N-methyl/N-ethyl adjacent to an activating group) is 1. The van der Waals surface area contributed by atoms with Gasteiger partial charge >= 0.3 is 0 Å². The fourth-order valence-corrected chi connectivity index (χ4v) is 4.81. The first-order valence-corrected chi connectivity index (χ1v) is 13.1. The number of carbonyl (C=O) groups is 2. The molecule has 11 nitrogen and oxygen atoms in total. The summed E-state index contributed by atoms with van der Waals surface area (Å²) in [5, 5.41) is 16.1. The van der Waals surface area contributed by atoms with Crippen LogP contribution in [0.2, 0.25) is 0 Å². The number of carbonyl (C=O) groups excluding carboxylic acids is 2. The third-order valence-corrected chi connectivity index (χ3v) is 7.04. The van der Waals surface area contributed by atoms with Gasteiger partial charge < -0.3 is 20.1 Å². The Morgan fingerprint density at radius 2 is 1.87 bits per heavy atom. The zero-order valence-corrected chi connectivity index (χ0v) is 22.4. The monoisotopic (exact) mass is 534 g/mol. The number of nitrogens with two attached hydrogens (primary N) is 1. The third-order valence-electron chi connectivity index (χ3n) is 6.12. The Morgan fingerprint density at radius 1 is 1.11 bits per heavy atom. The first kappa shape index (κ1) is 26.7. The van der Waals surface area contributed by atoms with E-state index < -0.39 is 5.56 Å². The molecule has 0 unspecified atom stereocenters. The van der Waals surface area contributed by atoms with Gasteiger partial charge in [0.25, 0.3) is 5.56 Å². The fraction of sp³-hybridized carbons (Fsp3) is 0.308. The molecule has 0 atom stereocenters. The summed E-state index contributed by atoms with van der Waals surface area (Å²) in [7, 11) is 3.24. The average molecular weight is 535 g/mol. The van der Waals surface area contributed by atoms with Crippen LogP contribution in [0.25, 0.3) is 21.8 Å². The van der Waals surface area contributed by atoms with Gasteiger partial charge in [0.1, 0.15) is 12.2 Å². The van der Waals surface area contributed by atoms with E-state index in [1.807, 2.05) is 42.6 Å². The molecule has 1 aromatic carbocycles. The minimum Gasteiger partial charge on any atom is -0.397 e. The van der Waals surface area contributed by atoms with Gasteiger partial charge in [0, 0.05) is 32.3 Å². The number of pyridine rings is 1. The summed E-state index contributed by atoms with van der Waals surface area (Å²) in [6.45, 7) is 2.02. The highest BCUT2D eigenvalue weighted by Gasteiger charge is 2.23. The lowest BCUT2D eigenvalue weighted by Crippen LogP contribution is -2.39. The molecule has 3 heterocycles. The number of hydrogen-bond acceptors (Lipinski definition) is 8. The lowest BCUT2D eigenvalue weighted by Gasteiger charge is -2.25. The van der Waals surface area contributed by atoms with Gasteiger partial charge in [-0.3, -0.25) is 14.4 Å². The van der Waals surface area contributed by atoms with Gasteiger partial charge in [0.05, 0.1) is 17.1 Å². The van der Waals surface area contributed by atoms with E-state index in [0.29, 0.717) is 12.2 Å². The van der Waals surface area contributed by atoms with E-state index >= 15 is 0 Å². The second kappa shape index (κ2) is 11.8. The number of rotatable bonds is 10. The molecule has 4 rings (SSSR count). The van der Waals surface area contributed by atoms with Gasteiger partial charge in [-0.15, -0.1) is 16.4 Å². The maximum atomic E-state index is 13.4. The van der Waals surface area contributed by atoms with E-state index in [4.69, 9.17) is 5.73 Å². The number of tetrazole rings is 1. The van der Waals surface area contributed by atoms with Gasteiger partial charge in [0.15, 0.2) is 5.82 Å². The zero-order chi connectivity index (χ0) is 27.2. The zero-order valence-electron chi connectivity index (χ0n) is 21.5. The normalized spacial score (nSPS) is 10.9. The number of H-pyrrole nitrogens is 1. The molecule has 0 aliphatic rings. The lowest BCUT2D eigenvalue weighted by atomic mass is 10.0. The highest BCUT2D eigenvalue weighted by molar-refractivity contribution is 7.14. The number of nitrogens with one attached hydrogen (secondary N) is 1. The summed E-state index contributed by atoms with van der Waals surface area (Å²) >= 11 is 1.53. The second-order valence-corrected chi connectivity index (χ2v) is 9.95. The van der Waals surface area contributed by atoms with E-state index in [1.54, 1.807) is 20.2 Å². The second-order valence-electron chi connectivity index (χ2n) is 9.03. The van der Waals surface area contributed by atoms with Gasteiger partial charge in [-0.2, -0.15) is 0 Å². The summed E-state index contributed by atoms with van der Waals surface area (Å²) in [6, 6.07) is 11.3. The van der Waals surface area contributed by atoms with Crippen LogP contribution in [0.3, 0.4) is 0 Å². The quantitative estimate of drug-likeness (QED) is 0.318. The van der Waals surface area contributed by atoms with Crippen molar-refractivity contribution in [3.05, 3.63) is 63.9 Å². The number of aromatic amines is 1. The van der Waals surface area contributed by atoms with Crippen molar-refractivity contribution in [1.29, 1.82) is 0 Å². The van der Waals surface area contributed by atoms with E-state index in [0.717, 1.165) is 28.0 Å². The number of benzene rings is 1. The fourth-order valence-electron chi connectivity index (χ4n) is 3.96. The average Bonchev–Trinajstić information content (AvgIpc) is 3.61. The number of unbranched alkanes of at least 4 members (excludes halogenated alkanes) is 1. The molecule has 12 heteroatoms. The van der Waals surface area contributed by atoms with E-state index in [1.165, 1.54) is 31.9 Å². The van der Waals surface area contributed by atoms with Crippen molar-refractivity contribution in [2.24, 2.45) is 0 Å². The summed E-state index contributed by atoms with van der Waals surface area (Å²) in [5.74, 6) is 0.154. The van der Waals surface area contributed by atoms with Gasteiger partial charge in [-0.05, 0) is 45.5 Å². The van der Waals surface area contributed by atoms with Crippen LogP contribution >= 0.6 is 11.3 Å². The summed E-state index contributed by atoms with van der Waals surface area (Å²) in [5.41, 5.74) is 8.80. The Kier molecular flexibility index (Phi) is 8.31. The SMILES string of the molecule is CCCCC(=O)N(Cc1ccc(-c2ccsc2-c2nnn[nH]2)cc1)c1c(N)ccn(CC(=O)N(C)C)c1=O. The van der Waals surface area contributed by atoms with Crippen molar-refractivity contribution in [1.82, 2.24) is 30.1 Å². The molecule has 0 saturated heterocycles. The molecule has 0 aliphatic heterocycles. The van der Waals surface area contributed by atoms with E-state index in [-0.39, 0.29) is 42.7 Å². The first-order chi connectivity index (χ1) is 18.3. The van der Waals surface area contributed by atoms with Crippen molar-refractivity contribution in [3.63, 3.8) is 0 Å². The Hall–Kier alpha value is -4.32. The van der Waals surface area contributed by atoms with Crippen LogP contribution in [0.1, 0.15) is 31.7 Å². The van der Waals surface area contributed by atoms with Crippen LogP contribution < -0.4 is 16.2 Å². The topological polar surface area (TPSA) is 143 Å². The number of amides is 2. The predicted molar refractivity (Wildman–Crippen MR) is 147 cm³/mol. The number of thiophene rings is 1. The smallest absolute Gasteiger partial charge is 0.277 e. The highest BCUT2D eigenvalue weighted by atomic mass is 32.1. The maximum Gasteiger partial charge on any atom is 0.277 e. The summed E-state index contributed by atoms with van der Waals surface area (Å²) in [4.78, 5) is 42.8. The Bertz CT molecular complexity index is 1460. The van der Waals surface area contributed by atoms with Crippen molar-refractivity contribution >= 4 is 34.5 Å². The van der Waals surface area contributed by atoms with Crippen LogP contribution in [-0.4, -0.2) is 56.0 Å². The Labute approximate surface area is 223 Å². The standard InChI is InChI=1S/C26H30N8O3S/c1-4-5-6-21(35)34(23-20(27)11-13-33(26(23)37)16-22(36)32(2)3)15-17-7-9-18(10-8-17)19-12-14-38-24(19)25-28-30-31-29-25/h7-14H,4-6,15-16,27H2,1-3H3,(H,28,29,30,31). The first-order valence-electron chi connectivity index (χ1n) is 12.2. The minimum absolute atomic E-state index is 0.0853. The molecule has 198 valence electrons. The number of aromatic nitrogens is 5. The summed E-state index contributed by atoms with van der Waals surface area (Å²) in [6.07, 6.45) is 3.28. The van der Waals surface area contributed by atoms with Gasteiger partial charge in [0.2, 0.25) is 11.8 Å². The molecule has 0 bridgehead atoms. The largest absolute Gasteiger partial charge is 0.397 e. The molecule has 0 fully saturated rings. The molecule has 0 aliphatic carbocycles. The number of hydrogen-bond donors (Lipinski definition) is 2. The Morgan fingerprint density at radius 3 is 2.53 bits per heavy atom. The minimum atomic E-state index is -0.481. The van der Waals surface area contributed by atoms with Crippen LogP contribution in [0.15, 0.2) is 52.8 Å². The lowest BCUT2D eigenvalue weighted by molar-refractivity contribution is -0.129. The molecule has 3 N–H and O–H groups in total. The van der Waals surface area contributed by atoms with E-state index in [2.05, 4.69) is 20.6 Å². The molecule has 38 heavy (non-hydrogen) atoms. The van der Waals surface area contributed by atoms with Gasteiger partial charge in [-0.1, -0.05) is 37.6 Å². The van der Waals surface area contributed by atoms with Crippen molar-refractivity contribution < 1.29 is 9.59 Å². The summed E-state index contributed by atoms with van der Waals surface area (Å²) < 4.78 is 1.29. The van der Waals surface area contributed by atoms with Crippen molar-refractivity contribution in [2.75, 3.05) is 24.7 Å². The Balaban J connectivity index is 1.66. The number of nitrogen functional groups attached to an aromatic ring is 1. The van der Waals surface area contributed by atoms with Crippen LogP contribution in [0, 0.1) is 0 Å². The van der Waals surface area contributed by atoms with Crippen LogP contribution in [0.5, 0.6) is 0 Å². The molecule has 0 spiro atoms. The predicted octanol–water partition coefficient (Wildman–Crippen LogP) is 3.15.